The van der Waals surface area contributed by atoms with Crippen LogP contribution in [0.4, 0.5) is 0 Å². The topological polar surface area (TPSA) is 62.3 Å². The molecule has 3 rings (SSSR count). The van der Waals surface area contributed by atoms with Gasteiger partial charge in [-0.1, -0.05) is 35.3 Å². The first-order valence-electron chi connectivity index (χ1n) is 7.12. The minimum Gasteiger partial charge on any atom is -0.489 e. The highest BCUT2D eigenvalue weighted by atomic mass is 35.5. The van der Waals surface area contributed by atoms with E-state index in [0.717, 1.165) is 28.1 Å². The van der Waals surface area contributed by atoms with Crippen LogP contribution in [0.15, 0.2) is 48.7 Å². The second-order valence-corrected chi connectivity index (χ2v) is 5.93. The van der Waals surface area contributed by atoms with Crippen molar-refractivity contribution in [2.75, 3.05) is 0 Å². The molecule has 2 N–H and O–H groups in total. The normalized spacial score (nSPS) is 11.2. The lowest BCUT2D eigenvalue weighted by atomic mass is 10.1. The van der Waals surface area contributed by atoms with Gasteiger partial charge in [0.2, 0.25) is 0 Å². The molecule has 122 valence electrons. The molecule has 6 heteroatoms. The summed E-state index contributed by atoms with van der Waals surface area (Å²) in [7, 11) is 0. The van der Waals surface area contributed by atoms with Crippen molar-refractivity contribution in [2.24, 2.45) is 0 Å². The molecular weight excluding hydrogens is 349 g/mol. The molecule has 0 spiro atoms. The molecule has 0 radical (unpaired) electrons. The van der Waals surface area contributed by atoms with Crippen LogP contribution in [0.5, 0.6) is 5.75 Å². The molecule has 2 aromatic carbocycles. The molecule has 0 saturated heterocycles. The second-order valence-electron chi connectivity index (χ2n) is 5.12. The van der Waals surface area contributed by atoms with Crippen LogP contribution in [-0.2, 0) is 11.4 Å². The van der Waals surface area contributed by atoms with Crippen LogP contribution in [0.2, 0.25) is 10.0 Å². The number of carbonyl (C=O) groups is 1. The molecule has 0 amide bonds. The highest BCUT2D eigenvalue weighted by Crippen LogP contribution is 2.28. The summed E-state index contributed by atoms with van der Waals surface area (Å²) in [6.45, 7) is 0.321. The number of halogens is 2. The summed E-state index contributed by atoms with van der Waals surface area (Å²) in [6.07, 6.45) is 4.44. The number of hydrogen-bond donors (Lipinski definition) is 2. The van der Waals surface area contributed by atoms with E-state index in [9.17, 15) is 4.79 Å². The number of carboxylic acid groups (broad SMARTS) is 1. The first-order valence-corrected chi connectivity index (χ1v) is 7.88. The number of H-pyrrole nitrogens is 1. The zero-order valence-electron chi connectivity index (χ0n) is 12.4. The average Bonchev–Trinajstić information content (AvgIpc) is 2.98. The fourth-order valence-electron chi connectivity index (χ4n) is 2.43. The Labute approximate surface area is 148 Å². The molecule has 1 heterocycles. The number of carboxylic acids is 1. The van der Waals surface area contributed by atoms with Gasteiger partial charge in [0.1, 0.15) is 12.4 Å². The number of nitrogens with one attached hydrogen (secondary N) is 1. The molecule has 0 bridgehead atoms. The molecule has 0 saturated carbocycles. The minimum absolute atomic E-state index is 0.321. The van der Waals surface area contributed by atoms with E-state index in [-0.39, 0.29) is 0 Å². The van der Waals surface area contributed by atoms with Gasteiger partial charge in [-0.15, -0.1) is 0 Å². The number of rotatable bonds is 5. The smallest absolute Gasteiger partial charge is 0.328 e. The number of aromatic amines is 1. The Morgan fingerprint density at radius 2 is 2.04 bits per heavy atom. The van der Waals surface area contributed by atoms with E-state index in [2.05, 4.69) is 4.98 Å². The molecule has 0 aliphatic rings. The van der Waals surface area contributed by atoms with Gasteiger partial charge in [0.15, 0.2) is 0 Å². The molecule has 24 heavy (non-hydrogen) atoms. The van der Waals surface area contributed by atoms with Crippen molar-refractivity contribution in [1.29, 1.82) is 0 Å². The molecule has 0 fully saturated rings. The van der Waals surface area contributed by atoms with Gasteiger partial charge in [0, 0.05) is 34.8 Å². The lowest BCUT2D eigenvalue weighted by Crippen LogP contribution is -1.96. The number of benzene rings is 2. The Hall–Kier alpha value is -2.43. The molecule has 0 aliphatic carbocycles. The summed E-state index contributed by atoms with van der Waals surface area (Å²) in [4.78, 5) is 13.9. The zero-order chi connectivity index (χ0) is 17.1. The SMILES string of the molecule is O=C(O)/C=C/c1c[nH]c2cccc(COc3ccc(Cl)c(Cl)c3)c12. The van der Waals surface area contributed by atoms with Crippen molar-refractivity contribution in [3.8, 4) is 5.75 Å². The van der Waals surface area contributed by atoms with Crippen LogP contribution in [-0.4, -0.2) is 16.1 Å². The fourth-order valence-corrected chi connectivity index (χ4v) is 2.72. The van der Waals surface area contributed by atoms with Crippen LogP contribution in [0.25, 0.3) is 17.0 Å². The van der Waals surface area contributed by atoms with Crippen molar-refractivity contribution in [1.82, 2.24) is 4.98 Å². The maximum atomic E-state index is 10.7. The number of ether oxygens (including phenoxy) is 1. The minimum atomic E-state index is -0.992. The van der Waals surface area contributed by atoms with Gasteiger partial charge in [-0.25, -0.2) is 4.79 Å². The lowest BCUT2D eigenvalue weighted by molar-refractivity contribution is -0.131. The van der Waals surface area contributed by atoms with Crippen LogP contribution in [0.3, 0.4) is 0 Å². The summed E-state index contributed by atoms with van der Waals surface area (Å²) < 4.78 is 5.79. The van der Waals surface area contributed by atoms with Crippen molar-refractivity contribution >= 4 is 46.2 Å². The summed E-state index contributed by atoms with van der Waals surface area (Å²) in [5, 5.41) is 10.6. The van der Waals surface area contributed by atoms with E-state index >= 15 is 0 Å². The lowest BCUT2D eigenvalue weighted by Gasteiger charge is -2.09. The van der Waals surface area contributed by atoms with Crippen molar-refractivity contribution in [3.63, 3.8) is 0 Å². The van der Waals surface area contributed by atoms with Gasteiger partial charge in [0.05, 0.1) is 10.0 Å². The predicted octanol–water partition coefficient (Wildman–Crippen LogP) is 5.15. The molecule has 0 aliphatic heterocycles. The first-order chi connectivity index (χ1) is 11.5. The zero-order valence-corrected chi connectivity index (χ0v) is 13.9. The van der Waals surface area contributed by atoms with Gasteiger partial charge in [0.25, 0.3) is 0 Å². The van der Waals surface area contributed by atoms with Gasteiger partial charge >= 0.3 is 5.97 Å². The Balaban J connectivity index is 1.89. The summed E-state index contributed by atoms with van der Waals surface area (Å²) in [5.74, 6) is -0.381. The van der Waals surface area contributed by atoms with Crippen molar-refractivity contribution < 1.29 is 14.6 Å². The maximum absolute atomic E-state index is 10.7. The Morgan fingerprint density at radius 1 is 1.21 bits per heavy atom. The molecular formula is C18H13Cl2NO3. The number of aromatic nitrogens is 1. The maximum Gasteiger partial charge on any atom is 0.328 e. The monoisotopic (exact) mass is 361 g/mol. The summed E-state index contributed by atoms with van der Waals surface area (Å²) in [6, 6.07) is 10.9. The quantitative estimate of drug-likeness (QED) is 0.617. The van der Waals surface area contributed by atoms with Gasteiger partial charge < -0.3 is 14.8 Å². The predicted molar refractivity (Wildman–Crippen MR) is 95.8 cm³/mol. The van der Waals surface area contributed by atoms with E-state index in [1.807, 2.05) is 18.2 Å². The number of aliphatic carboxylic acids is 1. The standard InChI is InChI=1S/C18H13Cl2NO3/c19-14-6-5-13(8-15(14)20)24-10-12-2-1-3-16-18(12)11(9-21-16)4-7-17(22)23/h1-9,21H,10H2,(H,22,23)/b7-4+. The van der Waals surface area contributed by atoms with Crippen molar-refractivity contribution in [3.05, 3.63) is 69.8 Å². The molecule has 1 aromatic heterocycles. The van der Waals surface area contributed by atoms with E-state index in [4.69, 9.17) is 33.0 Å². The highest BCUT2D eigenvalue weighted by molar-refractivity contribution is 6.42. The molecule has 3 aromatic rings. The van der Waals surface area contributed by atoms with Crippen LogP contribution < -0.4 is 4.74 Å². The second kappa shape index (κ2) is 6.99. The number of hydrogen-bond acceptors (Lipinski definition) is 2. The third kappa shape index (κ3) is 3.55. The molecule has 0 unspecified atom stereocenters. The van der Waals surface area contributed by atoms with E-state index in [1.165, 1.54) is 0 Å². The highest BCUT2D eigenvalue weighted by Gasteiger charge is 2.08. The van der Waals surface area contributed by atoms with Crippen LogP contribution in [0, 0.1) is 0 Å². The van der Waals surface area contributed by atoms with E-state index in [0.29, 0.717) is 22.4 Å². The largest absolute Gasteiger partial charge is 0.489 e. The Bertz CT molecular complexity index is 931. The fraction of sp³-hybridized carbons (Fsp3) is 0.0556. The van der Waals surface area contributed by atoms with Gasteiger partial charge in [-0.3, -0.25) is 0 Å². The summed E-state index contributed by atoms with van der Waals surface area (Å²) in [5.41, 5.74) is 2.64. The van der Waals surface area contributed by atoms with E-state index in [1.54, 1.807) is 30.5 Å². The molecule has 4 nitrogen and oxygen atoms in total. The summed E-state index contributed by atoms with van der Waals surface area (Å²) >= 11 is 11.9. The Morgan fingerprint density at radius 3 is 2.79 bits per heavy atom. The number of fused-ring (bicyclic) bond motifs is 1. The first kappa shape index (κ1) is 16.4. The van der Waals surface area contributed by atoms with Crippen LogP contribution >= 0.6 is 23.2 Å². The van der Waals surface area contributed by atoms with Gasteiger partial charge in [-0.05, 0) is 29.8 Å². The molecule has 0 atom stereocenters. The average molecular weight is 362 g/mol. The van der Waals surface area contributed by atoms with Crippen molar-refractivity contribution in [2.45, 2.75) is 6.61 Å². The third-order valence-electron chi connectivity index (χ3n) is 3.51. The Kier molecular flexibility index (Phi) is 4.79. The van der Waals surface area contributed by atoms with Gasteiger partial charge in [-0.2, -0.15) is 0 Å². The van der Waals surface area contributed by atoms with E-state index < -0.39 is 5.97 Å². The van der Waals surface area contributed by atoms with Crippen LogP contribution in [0.1, 0.15) is 11.1 Å². The third-order valence-corrected chi connectivity index (χ3v) is 4.25.